The molecule has 0 unspecified atom stereocenters. The van der Waals surface area contributed by atoms with Gasteiger partial charge in [-0.15, -0.1) is 0 Å². The number of methoxy groups -OCH3 is 1. The number of carbonyl (C=O) groups excluding carboxylic acids is 1. The maximum atomic E-state index is 11.4. The molecule has 0 aromatic rings. The quantitative estimate of drug-likeness (QED) is 0.600. The lowest BCUT2D eigenvalue weighted by atomic mass is 11.0. The van der Waals surface area contributed by atoms with Crippen molar-refractivity contribution in [2.45, 2.75) is 13.8 Å². The summed E-state index contributed by atoms with van der Waals surface area (Å²) in [5.74, 6) is 0. The van der Waals surface area contributed by atoms with Crippen molar-refractivity contribution in [1.29, 1.82) is 0 Å². The van der Waals surface area contributed by atoms with Gasteiger partial charge in [-0.3, -0.25) is 0 Å². The van der Waals surface area contributed by atoms with Gasteiger partial charge in [0.15, 0.2) is 7.14 Å². The third kappa shape index (κ3) is 1.84. The molecule has 0 N–H and O–H groups in total. The molecule has 0 rings (SSSR count). The van der Waals surface area contributed by atoms with Crippen LogP contribution in [0.5, 0.6) is 0 Å². The van der Waals surface area contributed by atoms with E-state index in [1.165, 1.54) is 7.11 Å². The van der Waals surface area contributed by atoms with E-state index in [4.69, 9.17) is 0 Å². The number of hydrogen-bond donors (Lipinski definition) is 0. The molecule has 0 aliphatic rings. The van der Waals surface area contributed by atoms with Gasteiger partial charge in [-0.2, -0.15) is 0 Å². The van der Waals surface area contributed by atoms with Crippen LogP contribution >= 0.6 is 7.14 Å². The average molecular weight is 164 g/mol. The highest BCUT2D eigenvalue weighted by Crippen LogP contribution is 2.46. The Morgan fingerprint density at radius 3 is 1.90 bits per heavy atom. The van der Waals surface area contributed by atoms with Gasteiger partial charge in [-0.1, -0.05) is 13.8 Å². The van der Waals surface area contributed by atoms with E-state index in [2.05, 4.69) is 4.74 Å². The minimum absolute atomic E-state index is 0.399. The molecule has 0 radical (unpaired) electrons. The van der Waals surface area contributed by atoms with Crippen LogP contribution in [0.1, 0.15) is 13.8 Å². The van der Waals surface area contributed by atoms with Gasteiger partial charge in [0.05, 0.1) is 7.11 Å². The van der Waals surface area contributed by atoms with Crippen molar-refractivity contribution >= 4 is 12.9 Å². The van der Waals surface area contributed by atoms with Crippen molar-refractivity contribution in [3.8, 4) is 0 Å². The molecular formula is C6H13O3P. The molecule has 10 heavy (non-hydrogen) atoms. The molecule has 0 aromatic carbocycles. The van der Waals surface area contributed by atoms with Gasteiger partial charge in [0.25, 0.3) is 0 Å². The Hall–Kier alpha value is -0.300. The second-order valence-corrected chi connectivity index (χ2v) is 5.40. The van der Waals surface area contributed by atoms with Crippen molar-refractivity contribution < 1.29 is 14.1 Å². The molecule has 0 aromatic heterocycles. The van der Waals surface area contributed by atoms with E-state index in [1.54, 1.807) is 13.8 Å². The first-order valence-corrected chi connectivity index (χ1v) is 5.35. The predicted molar refractivity (Wildman–Crippen MR) is 41.1 cm³/mol. The number of rotatable bonds is 3. The summed E-state index contributed by atoms with van der Waals surface area (Å²) in [5, 5.41) is 0. The van der Waals surface area contributed by atoms with E-state index in [1.807, 2.05) is 0 Å². The summed E-state index contributed by atoms with van der Waals surface area (Å²) >= 11 is 0. The Labute approximate surface area is 61.1 Å². The van der Waals surface area contributed by atoms with Crippen molar-refractivity contribution in [1.82, 2.24) is 0 Å². The van der Waals surface area contributed by atoms with Crippen LogP contribution in [0, 0.1) is 0 Å². The Kier molecular flexibility index (Phi) is 3.66. The molecule has 3 nitrogen and oxygen atoms in total. The smallest absolute Gasteiger partial charge is 0.363 e. The topological polar surface area (TPSA) is 43.4 Å². The Bertz CT molecular complexity index is 156. The van der Waals surface area contributed by atoms with Crippen LogP contribution in [0.2, 0.25) is 0 Å². The minimum atomic E-state index is -2.63. The molecule has 0 fully saturated rings. The van der Waals surface area contributed by atoms with Crippen LogP contribution in [0.3, 0.4) is 0 Å². The summed E-state index contributed by atoms with van der Waals surface area (Å²) in [4.78, 5) is 10.8. The zero-order chi connectivity index (χ0) is 8.20. The standard InChI is InChI=1S/C6H13O3P/c1-4-10(8,5-2)6(7)9-3/h4-5H2,1-3H3. The maximum Gasteiger partial charge on any atom is 0.363 e. The molecule has 0 atom stereocenters. The van der Waals surface area contributed by atoms with E-state index in [9.17, 15) is 9.36 Å². The normalized spacial score (nSPS) is 11.1. The second kappa shape index (κ2) is 3.77. The molecule has 0 saturated carbocycles. The first-order valence-electron chi connectivity index (χ1n) is 3.27. The van der Waals surface area contributed by atoms with Crippen molar-refractivity contribution in [3.05, 3.63) is 0 Å². The second-order valence-electron chi connectivity index (χ2n) is 1.99. The van der Waals surface area contributed by atoms with E-state index in [-0.39, 0.29) is 0 Å². The van der Waals surface area contributed by atoms with Gasteiger partial charge in [-0.05, 0) is 0 Å². The lowest BCUT2D eigenvalue weighted by Gasteiger charge is -2.09. The molecule has 0 bridgehead atoms. The monoisotopic (exact) mass is 164 g/mol. The van der Waals surface area contributed by atoms with E-state index >= 15 is 0 Å². The van der Waals surface area contributed by atoms with Crippen LogP contribution in [-0.2, 0) is 9.30 Å². The predicted octanol–water partition coefficient (Wildman–Crippen LogP) is 2.16. The van der Waals surface area contributed by atoms with Crippen LogP contribution in [-0.4, -0.2) is 25.1 Å². The van der Waals surface area contributed by atoms with Crippen molar-refractivity contribution in [2.75, 3.05) is 19.4 Å². The van der Waals surface area contributed by atoms with E-state index < -0.39 is 12.9 Å². The van der Waals surface area contributed by atoms with Crippen molar-refractivity contribution in [2.24, 2.45) is 0 Å². The lowest BCUT2D eigenvalue weighted by molar-refractivity contribution is 0.197. The van der Waals surface area contributed by atoms with E-state index in [0.717, 1.165) is 0 Å². The van der Waals surface area contributed by atoms with Gasteiger partial charge in [0.1, 0.15) is 0 Å². The fourth-order valence-corrected chi connectivity index (χ4v) is 1.94. The molecule has 0 aliphatic heterocycles. The Balaban J connectivity index is 4.34. The molecule has 0 amide bonds. The van der Waals surface area contributed by atoms with Crippen molar-refractivity contribution in [3.63, 3.8) is 0 Å². The molecule has 0 heterocycles. The fraction of sp³-hybridized carbons (Fsp3) is 0.833. The summed E-state index contributed by atoms with van der Waals surface area (Å²) in [7, 11) is -1.37. The average Bonchev–Trinajstić information content (AvgIpc) is 2.01. The molecule has 0 spiro atoms. The van der Waals surface area contributed by atoms with Crippen LogP contribution in [0.4, 0.5) is 4.79 Å². The minimum Gasteiger partial charge on any atom is -0.464 e. The number of carbonyl (C=O) groups is 1. The maximum absolute atomic E-state index is 11.4. The highest BCUT2D eigenvalue weighted by molar-refractivity contribution is 7.79. The van der Waals surface area contributed by atoms with Gasteiger partial charge in [0.2, 0.25) is 0 Å². The Morgan fingerprint density at radius 2 is 1.80 bits per heavy atom. The third-order valence-corrected chi connectivity index (χ3v) is 4.42. The van der Waals surface area contributed by atoms with Gasteiger partial charge >= 0.3 is 5.71 Å². The summed E-state index contributed by atoms with van der Waals surface area (Å²) in [6.45, 7) is 3.47. The zero-order valence-electron chi connectivity index (χ0n) is 6.59. The number of ether oxygens (including phenoxy) is 1. The Morgan fingerprint density at radius 1 is 1.40 bits per heavy atom. The summed E-state index contributed by atoms with van der Waals surface area (Å²) in [5.41, 5.74) is -0.544. The van der Waals surface area contributed by atoms with Crippen LogP contribution < -0.4 is 0 Å². The zero-order valence-corrected chi connectivity index (χ0v) is 7.48. The van der Waals surface area contributed by atoms with E-state index in [0.29, 0.717) is 12.3 Å². The van der Waals surface area contributed by atoms with Crippen LogP contribution in [0.25, 0.3) is 0 Å². The molecule has 0 aliphatic carbocycles. The first kappa shape index (κ1) is 9.70. The molecule has 60 valence electrons. The lowest BCUT2D eigenvalue weighted by Crippen LogP contribution is -2.03. The SMILES string of the molecule is CCP(=O)(CC)C(=O)OC. The fourth-order valence-electron chi connectivity index (χ4n) is 0.648. The third-order valence-electron chi connectivity index (χ3n) is 1.53. The molecule has 4 heteroatoms. The van der Waals surface area contributed by atoms with Gasteiger partial charge in [0, 0.05) is 12.3 Å². The summed E-state index contributed by atoms with van der Waals surface area (Å²) in [6.07, 6.45) is 0.798. The first-order chi connectivity index (χ1) is 4.60. The highest BCUT2D eigenvalue weighted by Gasteiger charge is 2.27. The highest BCUT2D eigenvalue weighted by atomic mass is 31.2. The largest absolute Gasteiger partial charge is 0.464 e. The summed E-state index contributed by atoms with van der Waals surface area (Å²) in [6, 6.07) is 0. The summed E-state index contributed by atoms with van der Waals surface area (Å²) < 4.78 is 15.8. The number of hydrogen-bond acceptors (Lipinski definition) is 3. The van der Waals surface area contributed by atoms with Gasteiger partial charge in [-0.25, -0.2) is 4.79 Å². The van der Waals surface area contributed by atoms with Crippen LogP contribution in [0.15, 0.2) is 0 Å². The van der Waals surface area contributed by atoms with Gasteiger partial charge < -0.3 is 9.30 Å². The molecular weight excluding hydrogens is 151 g/mol. The molecule has 0 saturated heterocycles.